The molecular formula is C15H16FN4O3S2-. The molecule has 0 bridgehead atoms. The molecule has 1 heterocycles. The molecule has 0 fully saturated rings. The Morgan fingerprint density at radius 1 is 1.28 bits per heavy atom. The first-order valence-corrected chi connectivity index (χ1v) is 9.22. The van der Waals surface area contributed by atoms with Gasteiger partial charge in [-0.1, -0.05) is 42.9 Å². The predicted molar refractivity (Wildman–Crippen MR) is 93.1 cm³/mol. The number of carbonyl (C=O) groups is 2. The highest BCUT2D eigenvalue weighted by Crippen LogP contribution is 2.31. The molecule has 10 heteroatoms. The lowest BCUT2D eigenvalue weighted by Crippen LogP contribution is -2.33. The van der Waals surface area contributed by atoms with Crippen LogP contribution >= 0.6 is 23.1 Å². The Bertz CT molecular complexity index is 724. The van der Waals surface area contributed by atoms with E-state index in [9.17, 15) is 19.1 Å². The maximum absolute atomic E-state index is 12.8. The molecule has 0 unspecified atom stereocenters. The standard InChI is InChI=1S/C15H17FN4O3S2/c1-2-3-4-11(12(21)22)24-15-20-19-14(25-15)18-13(23)17-10-7-5-9(16)6-8-10/h5-8,11H,2-4H2,1H3,(H,21,22)(H2,17,18,19,23)/p-1/t11-/m1/s1. The number of carboxylic acid groups (broad SMARTS) is 1. The van der Waals surface area contributed by atoms with Gasteiger partial charge in [0.15, 0.2) is 4.34 Å². The van der Waals surface area contributed by atoms with Crippen molar-refractivity contribution in [3.63, 3.8) is 0 Å². The van der Waals surface area contributed by atoms with Crippen molar-refractivity contribution in [2.75, 3.05) is 10.6 Å². The molecule has 25 heavy (non-hydrogen) atoms. The molecule has 1 atom stereocenters. The molecule has 0 spiro atoms. The van der Waals surface area contributed by atoms with Gasteiger partial charge in [0.1, 0.15) is 5.82 Å². The molecule has 0 aliphatic heterocycles. The van der Waals surface area contributed by atoms with Crippen molar-refractivity contribution in [2.45, 2.75) is 35.8 Å². The predicted octanol–water partition coefficient (Wildman–Crippen LogP) is 2.72. The van der Waals surface area contributed by atoms with Gasteiger partial charge in [-0.15, -0.1) is 10.2 Å². The van der Waals surface area contributed by atoms with Gasteiger partial charge in [-0.25, -0.2) is 9.18 Å². The number of aromatic nitrogens is 2. The summed E-state index contributed by atoms with van der Waals surface area (Å²) in [6.45, 7) is 1.98. The first-order valence-electron chi connectivity index (χ1n) is 7.52. The Morgan fingerprint density at radius 3 is 2.64 bits per heavy atom. The summed E-state index contributed by atoms with van der Waals surface area (Å²) in [6.07, 6.45) is 2.14. The van der Waals surface area contributed by atoms with Crippen molar-refractivity contribution < 1.29 is 19.1 Å². The minimum Gasteiger partial charge on any atom is -0.549 e. The average Bonchev–Trinajstić information content (AvgIpc) is 3.00. The number of thioether (sulfide) groups is 1. The van der Waals surface area contributed by atoms with Gasteiger partial charge < -0.3 is 15.2 Å². The first-order chi connectivity index (χ1) is 12.0. The number of benzene rings is 1. The molecule has 2 rings (SSSR count). The van der Waals surface area contributed by atoms with Crippen LogP contribution in [0.5, 0.6) is 0 Å². The zero-order valence-electron chi connectivity index (χ0n) is 13.3. The van der Waals surface area contributed by atoms with Gasteiger partial charge in [-0.2, -0.15) is 0 Å². The lowest BCUT2D eigenvalue weighted by Gasteiger charge is -2.14. The van der Waals surface area contributed by atoms with Crippen LogP contribution in [0.1, 0.15) is 26.2 Å². The number of nitrogens with one attached hydrogen (secondary N) is 2. The van der Waals surface area contributed by atoms with Crippen LogP contribution in [0.15, 0.2) is 28.6 Å². The molecule has 7 nitrogen and oxygen atoms in total. The van der Waals surface area contributed by atoms with E-state index in [4.69, 9.17) is 0 Å². The van der Waals surface area contributed by atoms with E-state index < -0.39 is 23.1 Å². The number of aliphatic carboxylic acids is 1. The molecule has 0 aliphatic carbocycles. The van der Waals surface area contributed by atoms with Crippen molar-refractivity contribution in [2.24, 2.45) is 0 Å². The fourth-order valence-electron chi connectivity index (χ4n) is 1.84. The number of halogens is 1. The second-order valence-electron chi connectivity index (χ2n) is 5.03. The van der Waals surface area contributed by atoms with Crippen molar-refractivity contribution in [3.05, 3.63) is 30.1 Å². The first kappa shape index (κ1) is 19.1. The highest BCUT2D eigenvalue weighted by molar-refractivity contribution is 8.02. The van der Waals surface area contributed by atoms with E-state index in [2.05, 4.69) is 20.8 Å². The zero-order chi connectivity index (χ0) is 18.2. The summed E-state index contributed by atoms with van der Waals surface area (Å²) in [5, 5.41) is 23.4. The molecule has 2 amide bonds. The zero-order valence-corrected chi connectivity index (χ0v) is 15.0. The fraction of sp³-hybridized carbons (Fsp3) is 0.333. The summed E-state index contributed by atoms with van der Waals surface area (Å²) in [4.78, 5) is 23.0. The maximum Gasteiger partial charge on any atom is 0.325 e. The summed E-state index contributed by atoms with van der Waals surface area (Å²) in [7, 11) is 0. The minimum absolute atomic E-state index is 0.231. The smallest absolute Gasteiger partial charge is 0.325 e. The van der Waals surface area contributed by atoms with Crippen LogP contribution in [0.3, 0.4) is 0 Å². The van der Waals surface area contributed by atoms with Crippen LogP contribution in [0.4, 0.5) is 20.0 Å². The monoisotopic (exact) mass is 383 g/mol. The van der Waals surface area contributed by atoms with Crippen LogP contribution in [-0.4, -0.2) is 27.4 Å². The number of carboxylic acids is 1. The van der Waals surface area contributed by atoms with E-state index in [1.165, 1.54) is 24.3 Å². The Hall–Kier alpha value is -2.20. The Balaban J connectivity index is 1.90. The van der Waals surface area contributed by atoms with Crippen LogP contribution in [-0.2, 0) is 4.79 Å². The molecule has 0 radical (unpaired) electrons. The molecule has 134 valence electrons. The lowest BCUT2D eigenvalue weighted by atomic mass is 10.2. The third-order valence-electron chi connectivity index (χ3n) is 3.05. The second-order valence-corrected chi connectivity index (χ2v) is 7.45. The molecule has 0 saturated heterocycles. The Kier molecular flexibility index (Phi) is 7.14. The van der Waals surface area contributed by atoms with Crippen LogP contribution < -0.4 is 15.7 Å². The summed E-state index contributed by atoms with van der Waals surface area (Å²) in [5.74, 6) is -1.54. The molecule has 0 aliphatic rings. The number of carbonyl (C=O) groups excluding carboxylic acids is 2. The van der Waals surface area contributed by atoms with E-state index in [-0.39, 0.29) is 5.13 Å². The van der Waals surface area contributed by atoms with Crippen LogP contribution in [0, 0.1) is 5.82 Å². The fourth-order valence-corrected chi connectivity index (χ4v) is 3.80. The maximum atomic E-state index is 12.8. The number of nitrogens with zero attached hydrogens (tertiary/aromatic N) is 2. The molecule has 1 aromatic heterocycles. The Morgan fingerprint density at radius 2 is 2.00 bits per heavy atom. The van der Waals surface area contributed by atoms with Crippen molar-refractivity contribution in [1.29, 1.82) is 0 Å². The topological polar surface area (TPSA) is 107 Å². The quantitative estimate of drug-likeness (QED) is 0.536. The third kappa shape index (κ3) is 6.31. The second kappa shape index (κ2) is 9.33. The minimum atomic E-state index is -1.14. The van der Waals surface area contributed by atoms with Crippen molar-refractivity contribution >= 4 is 45.9 Å². The summed E-state index contributed by atoms with van der Waals surface area (Å²) >= 11 is 2.13. The van der Waals surface area contributed by atoms with Crippen LogP contribution in [0.25, 0.3) is 0 Å². The molecule has 2 N–H and O–H groups in total. The number of hydrogen-bond acceptors (Lipinski definition) is 7. The van der Waals surface area contributed by atoms with Gasteiger partial charge in [0, 0.05) is 5.69 Å². The summed E-state index contributed by atoms with van der Waals surface area (Å²) in [6, 6.07) is 4.75. The van der Waals surface area contributed by atoms with Crippen LogP contribution in [0.2, 0.25) is 0 Å². The normalized spacial score (nSPS) is 11.8. The van der Waals surface area contributed by atoms with E-state index in [1.807, 2.05) is 6.92 Å². The molecular weight excluding hydrogens is 367 g/mol. The third-order valence-corrected chi connectivity index (χ3v) is 5.22. The molecule has 0 saturated carbocycles. The number of amides is 2. The van der Waals surface area contributed by atoms with Crippen molar-refractivity contribution in [3.8, 4) is 0 Å². The number of unbranched alkanes of at least 4 members (excludes halogenated alkanes) is 1. The molecule has 1 aromatic carbocycles. The van der Waals surface area contributed by atoms with Gasteiger partial charge in [0.25, 0.3) is 0 Å². The highest BCUT2D eigenvalue weighted by Gasteiger charge is 2.16. The van der Waals surface area contributed by atoms with E-state index in [1.54, 1.807) is 0 Å². The number of urea groups is 1. The van der Waals surface area contributed by atoms with Gasteiger partial charge in [-0.05, 0) is 30.7 Å². The lowest BCUT2D eigenvalue weighted by molar-refractivity contribution is -0.304. The highest BCUT2D eigenvalue weighted by atomic mass is 32.2. The van der Waals surface area contributed by atoms with Gasteiger partial charge in [0.2, 0.25) is 5.13 Å². The number of rotatable bonds is 8. The van der Waals surface area contributed by atoms with Gasteiger partial charge in [0.05, 0.1) is 11.2 Å². The number of hydrogen-bond donors (Lipinski definition) is 2. The SMILES string of the molecule is CCCC[C@@H](Sc1nnc(NC(=O)Nc2ccc(F)cc2)s1)C(=O)[O-]. The largest absolute Gasteiger partial charge is 0.549 e. The summed E-state index contributed by atoms with van der Waals surface area (Å²) in [5.41, 5.74) is 0.426. The van der Waals surface area contributed by atoms with E-state index in [0.717, 1.165) is 35.9 Å². The average molecular weight is 383 g/mol. The molecule has 2 aromatic rings. The van der Waals surface area contributed by atoms with Gasteiger partial charge in [-0.3, -0.25) is 5.32 Å². The summed E-state index contributed by atoms with van der Waals surface area (Å²) < 4.78 is 13.3. The Labute approximate surface area is 152 Å². The number of anilines is 2. The van der Waals surface area contributed by atoms with E-state index in [0.29, 0.717) is 16.4 Å². The van der Waals surface area contributed by atoms with Gasteiger partial charge >= 0.3 is 6.03 Å². The van der Waals surface area contributed by atoms with E-state index >= 15 is 0 Å². The van der Waals surface area contributed by atoms with Crippen molar-refractivity contribution in [1.82, 2.24) is 10.2 Å².